The topological polar surface area (TPSA) is 68.2 Å². The number of methoxy groups -OCH3 is 3. The summed E-state index contributed by atoms with van der Waals surface area (Å²) in [6, 6.07) is 4.08. The van der Waals surface area contributed by atoms with E-state index in [1.807, 2.05) is 31.0 Å². The summed E-state index contributed by atoms with van der Waals surface area (Å²) < 4.78 is 16.4. The molecule has 1 unspecified atom stereocenters. The zero-order valence-corrected chi connectivity index (χ0v) is 19.5. The molecule has 0 saturated carbocycles. The Balaban J connectivity index is 2.08. The lowest BCUT2D eigenvalue weighted by atomic mass is 10.1. The third kappa shape index (κ3) is 5.96. The Labute approximate surface area is 183 Å². The van der Waals surface area contributed by atoms with Gasteiger partial charge >= 0.3 is 0 Å². The average Bonchev–Trinajstić information content (AvgIpc) is 3.21. The molecule has 0 aliphatic rings. The van der Waals surface area contributed by atoms with E-state index in [9.17, 15) is 0 Å². The Morgan fingerprint density at radius 2 is 2.10 bits per heavy atom. The number of nitrogens with zero attached hydrogens (tertiary/aromatic N) is 3. The summed E-state index contributed by atoms with van der Waals surface area (Å²) in [4.78, 5) is 11.1. The van der Waals surface area contributed by atoms with Gasteiger partial charge in [-0.1, -0.05) is 6.08 Å². The van der Waals surface area contributed by atoms with Crippen molar-refractivity contribution in [1.29, 1.82) is 0 Å². The van der Waals surface area contributed by atoms with Crippen LogP contribution in [0.15, 0.2) is 35.2 Å². The Kier molecular flexibility index (Phi) is 9.14. The summed E-state index contributed by atoms with van der Waals surface area (Å²) >= 11 is 1.61. The van der Waals surface area contributed by atoms with Crippen molar-refractivity contribution in [3.8, 4) is 11.5 Å². The van der Waals surface area contributed by atoms with Crippen LogP contribution in [0.5, 0.6) is 11.5 Å². The number of guanidine groups is 1. The smallest absolute Gasteiger partial charge is 0.194 e. The lowest BCUT2D eigenvalue weighted by Crippen LogP contribution is -2.38. The molecule has 0 bridgehead atoms. The van der Waals surface area contributed by atoms with Gasteiger partial charge in [0.15, 0.2) is 17.5 Å². The Bertz CT molecular complexity index is 866. The minimum Gasteiger partial charge on any atom is -0.493 e. The van der Waals surface area contributed by atoms with Gasteiger partial charge in [-0.15, -0.1) is 17.9 Å². The van der Waals surface area contributed by atoms with Crippen molar-refractivity contribution >= 4 is 17.3 Å². The zero-order valence-electron chi connectivity index (χ0n) is 18.7. The lowest BCUT2D eigenvalue weighted by Gasteiger charge is -2.22. The minimum absolute atomic E-state index is 0.00121. The van der Waals surface area contributed by atoms with Gasteiger partial charge in [-0.25, -0.2) is 4.98 Å². The second kappa shape index (κ2) is 11.6. The van der Waals surface area contributed by atoms with Crippen molar-refractivity contribution in [3.63, 3.8) is 0 Å². The normalized spacial score (nSPS) is 12.4. The molecule has 164 valence electrons. The molecule has 1 atom stereocenters. The molecule has 7 nitrogen and oxygen atoms in total. The van der Waals surface area contributed by atoms with Crippen LogP contribution in [0.2, 0.25) is 0 Å². The molecule has 0 spiro atoms. The maximum atomic E-state index is 5.51. The van der Waals surface area contributed by atoms with Crippen molar-refractivity contribution in [2.24, 2.45) is 4.99 Å². The van der Waals surface area contributed by atoms with Gasteiger partial charge in [0, 0.05) is 38.7 Å². The first kappa shape index (κ1) is 23.7. The fraction of sp³-hybridized carbons (Fsp3) is 0.455. The fourth-order valence-corrected chi connectivity index (χ4v) is 3.92. The number of rotatable bonds is 10. The van der Waals surface area contributed by atoms with Crippen LogP contribution < -0.4 is 14.8 Å². The summed E-state index contributed by atoms with van der Waals surface area (Å²) in [5.74, 6) is 2.23. The Morgan fingerprint density at radius 1 is 1.33 bits per heavy atom. The average molecular weight is 433 g/mol. The van der Waals surface area contributed by atoms with Crippen molar-refractivity contribution < 1.29 is 14.2 Å². The van der Waals surface area contributed by atoms with Crippen molar-refractivity contribution in [3.05, 3.63) is 52.0 Å². The highest BCUT2D eigenvalue weighted by molar-refractivity contribution is 7.09. The van der Waals surface area contributed by atoms with E-state index in [-0.39, 0.29) is 6.10 Å². The second-order valence-electron chi connectivity index (χ2n) is 6.80. The third-order valence-corrected chi connectivity index (χ3v) is 5.73. The molecule has 2 rings (SSSR count). The molecule has 1 N–H and O–H groups in total. The molecule has 30 heavy (non-hydrogen) atoms. The standard InChI is InChI=1S/C22H32N4O3S/c1-8-9-17-10-16(11-19(28-6)20(17)29-7)12-24-22(23-3)26(4)13-18-14-30-21(25-18)15(2)27-5/h8,10-11,14-15H,1,9,12-13H2,2-7H3,(H,23,24). The van der Waals surface area contributed by atoms with E-state index in [1.54, 1.807) is 39.7 Å². The van der Waals surface area contributed by atoms with E-state index in [4.69, 9.17) is 14.2 Å². The van der Waals surface area contributed by atoms with Crippen LogP contribution in [0.3, 0.4) is 0 Å². The maximum absolute atomic E-state index is 5.51. The maximum Gasteiger partial charge on any atom is 0.194 e. The fourth-order valence-electron chi connectivity index (χ4n) is 3.08. The molecular weight excluding hydrogens is 400 g/mol. The molecule has 0 aliphatic carbocycles. The quantitative estimate of drug-likeness (QED) is 0.350. The van der Waals surface area contributed by atoms with Crippen LogP contribution in [0, 0.1) is 0 Å². The second-order valence-corrected chi connectivity index (χ2v) is 7.68. The lowest BCUT2D eigenvalue weighted by molar-refractivity contribution is 0.119. The summed E-state index contributed by atoms with van der Waals surface area (Å²) in [6.07, 6.45) is 2.56. The van der Waals surface area contributed by atoms with Crippen LogP contribution in [0.25, 0.3) is 0 Å². The number of allylic oxidation sites excluding steroid dienone is 1. The van der Waals surface area contributed by atoms with Crippen LogP contribution in [-0.4, -0.2) is 51.3 Å². The van der Waals surface area contributed by atoms with Gasteiger partial charge in [0.1, 0.15) is 11.1 Å². The highest BCUT2D eigenvalue weighted by Crippen LogP contribution is 2.33. The van der Waals surface area contributed by atoms with E-state index in [0.717, 1.165) is 33.5 Å². The van der Waals surface area contributed by atoms with Gasteiger partial charge in [0.05, 0.1) is 26.5 Å². The van der Waals surface area contributed by atoms with Crippen molar-refractivity contribution in [2.75, 3.05) is 35.4 Å². The van der Waals surface area contributed by atoms with Crippen molar-refractivity contribution in [1.82, 2.24) is 15.2 Å². The first-order valence-electron chi connectivity index (χ1n) is 9.70. The Morgan fingerprint density at radius 3 is 2.70 bits per heavy atom. The number of aromatic nitrogens is 1. The predicted octanol–water partition coefficient (Wildman–Crippen LogP) is 3.80. The molecule has 0 aliphatic heterocycles. The molecule has 1 aromatic carbocycles. The van der Waals surface area contributed by atoms with Crippen molar-refractivity contribution in [2.45, 2.75) is 32.5 Å². The van der Waals surface area contributed by atoms with E-state index in [0.29, 0.717) is 25.3 Å². The van der Waals surface area contributed by atoms with Gasteiger partial charge in [-0.2, -0.15) is 0 Å². The molecular formula is C22H32N4O3S. The largest absolute Gasteiger partial charge is 0.493 e. The van der Waals surface area contributed by atoms with E-state index >= 15 is 0 Å². The summed E-state index contributed by atoms with van der Waals surface area (Å²) in [5.41, 5.74) is 3.10. The number of ether oxygens (including phenoxy) is 3. The van der Waals surface area contributed by atoms with E-state index in [1.165, 1.54) is 0 Å². The monoisotopic (exact) mass is 432 g/mol. The number of nitrogens with one attached hydrogen (secondary N) is 1. The van der Waals surface area contributed by atoms with Crippen LogP contribution >= 0.6 is 11.3 Å². The molecule has 0 saturated heterocycles. The van der Waals surface area contributed by atoms with Gasteiger partial charge < -0.3 is 24.4 Å². The van der Waals surface area contributed by atoms with Crippen LogP contribution in [0.4, 0.5) is 0 Å². The molecule has 8 heteroatoms. The summed E-state index contributed by atoms with van der Waals surface area (Å²) in [5, 5.41) is 6.45. The van der Waals surface area contributed by atoms with E-state index < -0.39 is 0 Å². The number of hydrogen-bond donors (Lipinski definition) is 1. The minimum atomic E-state index is 0.00121. The zero-order chi connectivity index (χ0) is 22.1. The molecule has 0 fully saturated rings. The Hall–Kier alpha value is -2.58. The highest BCUT2D eigenvalue weighted by atomic mass is 32.1. The van der Waals surface area contributed by atoms with Gasteiger partial charge in [0.2, 0.25) is 0 Å². The first-order valence-corrected chi connectivity index (χ1v) is 10.6. The number of benzene rings is 1. The van der Waals surface area contributed by atoms with Crippen LogP contribution in [-0.2, 0) is 24.2 Å². The predicted molar refractivity (Wildman–Crippen MR) is 123 cm³/mol. The summed E-state index contributed by atoms with van der Waals surface area (Å²) in [7, 11) is 8.75. The number of hydrogen-bond acceptors (Lipinski definition) is 6. The SMILES string of the molecule is C=CCc1cc(CNC(=NC)N(C)Cc2csc(C(C)OC)n2)cc(OC)c1OC. The number of aliphatic imine (C=N–C) groups is 1. The van der Waals surface area contributed by atoms with Crippen LogP contribution in [0.1, 0.15) is 34.9 Å². The molecule has 0 amide bonds. The van der Waals surface area contributed by atoms with E-state index in [2.05, 4.69) is 33.3 Å². The first-order chi connectivity index (χ1) is 14.5. The van der Waals surface area contributed by atoms with Gasteiger partial charge in [-0.05, 0) is 31.0 Å². The van der Waals surface area contributed by atoms with Gasteiger partial charge in [0.25, 0.3) is 0 Å². The molecule has 1 heterocycles. The highest BCUT2D eigenvalue weighted by Gasteiger charge is 2.14. The molecule has 0 radical (unpaired) electrons. The molecule has 2 aromatic rings. The summed E-state index contributed by atoms with van der Waals surface area (Å²) in [6.45, 7) is 7.09. The van der Waals surface area contributed by atoms with Gasteiger partial charge in [-0.3, -0.25) is 4.99 Å². The number of thiazole rings is 1. The molecule has 1 aromatic heterocycles. The third-order valence-electron chi connectivity index (χ3n) is 4.67.